The first-order valence-corrected chi connectivity index (χ1v) is 21.2. The first-order valence-electron chi connectivity index (χ1n) is 21.2. The van der Waals surface area contributed by atoms with E-state index in [1.807, 2.05) is 6.92 Å². The van der Waals surface area contributed by atoms with E-state index in [2.05, 4.69) is 0 Å². The molecule has 0 saturated carbocycles. The van der Waals surface area contributed by atoms with Gasteiger partial charge in [-0.15, -0.1) is 0 Å². The third kappa shape index (κ3) is 24.1. The fourth-order valence-electron chi connectivity index (χ4n) is 6.73. The van der Waals surface area contributed by atoms with Crippen molar-refractivity contribution in [3.05, 3.63) is 96.7 Å². The predicted octanol–water partition coefficient (Wildman–Crippen LogP) is 1.74. The van der Waals surface area contributed by atoms with Crippen LogP contribution in [0.1, 0.15) is 78.6 Å². The molecule has 16 atom stereocenters. The van der Waals surface area contributed by atoms with Gasteiger partial charge in [-0.3, -0.25) is 0 Å². The normalized spacial score (nSPS) is 26.4. The first-order chi connectivity index (χ1) is 28.5. The molecule has 16 unspecified atom stereocenters. The number of hydrogen-bond acceptors (Lipinski definition) is 14. The van der Waals surface area contributed by atoms with Gasteiger partial charge in [-0.25, -0.2) is 0 Å². The molecule has 0 aromatic carbocycles. The quantitative estimate of drug-likeness (QED) is 0.0340. The Morgan fingerprint density at radius 3 is 1.78 bits per heavy atom. The Balaban J connectivity index is 1.60. The standard InChI is InChI=1S/C46H74O14/c1-30(10-8-22-47)24-40(56)28-39(55)21-20-38(54)27-36(52)14-6-12-34(50)25-31(2)26-35(51)13-7-15-37(53)29-43-45(59-43)46-44(60-46)42(58)16-5-4-11-33(49)19-18-32(3)41(57)17-9-23-48/h4-10,12,15,17-21,26,30,32-58H,11,13-14,16,22-25,27-29H2,1-3H3/b5-4+,10-8+,12-6+,15-7+,17-9+,19-18+,21-20+,31-26+. The minimum absolute atomic E-state index is 0.0178. The van der Waals surface area contributed by atoms with Gasteiger partial charge in [-0.05, 0) is 51.4 Å². The van der Waals surface area contributed by atoms with E-state index in [1.54, 1.807) is 80.7 Å². The lowest BCUT2D eigenvalue weighted by atomic mass is 9.98. The van der Waals surface area contributed by atoms with Crippen LogP contribution in [0.5, 0.6) is 0 Å². The minimum Gasteiger partial charge on any atom is -0.393 e. The van der Waals surface area contributed by atoms with Gasteiger partial charge in [0.05, 0.1) is 80.4 Å². The minimum atomic E-state index is -1.01. The second kappa shape index (κ2) is 29.6. The van der Waals surface area contributed by atoms with Crippen molar-refractivity contribution in [3.63, 3.8) is 0 Å². The molecule has 14 nitrogen and oxygen atoms in total. The average Bonchev–Trinajstić information content (AvgIpc) is 4.11. The third-order valence-corrected chi connectivity index (χ3v) is 10.2. The Kier molecular flexibility index (Phi) is 26.4. The molecule has 2 fully saturated rings. The number of ether oxygens (including phenoxy) is 2. The molecule has 342 valence electrons. The second-order valence-corrected chi connectivity index (χ2v) is 16.2. The van der Waals surface area contributed by atoms with Crippen molar-refractivity contribution in [1.29, 1.82) is 0 Å². The van der Waals surface area contributed by atoms with Crippen LogP contribution in [-0.2, 0) is 9.47 Å². The number of aliphatic hydroxyl groups is 12. The molecule has 0 aliphatic carbocycles. The van der Waals surface area contributed by atoms with Gasteiger partial charge in [-0.1, -0.05) is 111 Å². The number of rotatable bonds is 32. The molecule has 60 heavy (non-hydrogen) atoms. The zero-order valence-corrected chi connectivity index (χ0v) is 35.4. The van der Waals surface area contributed by atoms with Crippen LogP contribution in [0.25, 0.3) is 0 Å². The second-order valence-electron chi connectivity index (χ2n) is 16.2. The summed E-state index contributed by atoms with van der Waals surface area (Å²) in [5.74, 6) is -0.191. The lowest BCUT2D eigenvalue weighted by Crippen LogP contribution is -2.19. The van der Waals surface area contributed by atoms with E-state index in [9.17, 15) is 51.1 Å². The Morgan fingerprint density at radius 2 is 1.10 bits per heavy atom. The predicted molar refractivity (Wildman–Crippen MR) is 229 cm³/mol. The highest BCUT2D eigenvalue weighted by molar-refractivity contribution is 5.10. The van der Waals surface area contributed by atoms with E-state index in [0.29, 0.717) is 25.7 Å². The maximum Gasteiger partial charge on any atom is 0.116 e. The summed E-state index contributed by atoms with van der Waals surface area (Å²) in [7, 11) is 0. The molecule has 2 aliphatic heterocycles. The van der Waals surface area contributed by atoms with Gasteiger partial charge in [0.15, 0.2) is 0 Å². The monoisotopic (exact) mass is 851 g/mol. The molecule has 2 rings (SSSR count). The van der Waals surface area contributed by atoms with E-state index in [1.165, 1.54) is 24.3 Å². The van der Waals surface area contributed by atoms with Gasteiger partial charge >= 0.3 is 0 Å². The van der Waals surface area contributed by atoms with Gasteiger partial charge in [-0.2, -0.15) is 0 Å². The molecule has 14 heteroatoms. The van der Waals surface area contributed by atoms with Gasteiger partial charge in [0, 0.05) is 25.2 Å². The molecule has 0 aromatic rings. The van der Waals surface area contributed by atoms with Crippen molar-refractivity contribution >= 4 is 0 Å². The molecule has 2 aliphatic rings. The van der Waals surface area contributed by atoms with Crippen molar-refractivity contribution in [2.75, 3.05) is 13.2 Å². The Labute approximate surface area is 355 Å². The maximum atomic E-state index is 10.5. The average molecular weight is 851 g/mol. The number of aliphatic hydroxyl groups excluding tert-OH is 12. The van der Waals surface area contributed by atoms with Crippen molar-refractivity contribution in [2.24, 2.45) is 11.8 Å². The lowest BCUT2D eigenvalue weighted by molar-refractivity contribution is 0.0877. The summed E-state index contributed by atoms with van der Waals surface area (Å²) >= 11 is 0. The molecule has 0 bridgehead atoms. The Hall–Kier alpha value is -2.64. The smallest absolute Gasteiger partial charge is 0.116 e. The van der Waals surface area contributed by atoms with Crippen LogP contribution in [-0.4, -0.2) is 160 Å². The summed E-state index contributed by atoms with van der Waals surface area (Å²) in [6.07, 6.45) is 17.0. The largest absolute Gasteiger partial charge is 0.393 e. The van der Waals surface area contributed by atoms with E-state index in [4.69, 9.17) is 19.7 Å². The highest BCUT2D eigenvalue weighted by Gasteiger charge is 2.59. The van der Waals surface area contributed by atoms with Crippen molar-refractivity contribution < 1.29 is 70.8 Å². The highest BCUT2D eigenvalue weighted by Crippen LogP contribution is 2.42. The van der Waals surface area contributed by atoms with E-state index in [-0.39, 0.29) is 81.6 Å². The summed E-state index contributed by atoms with van der Waals surface area (Å²) in [6, 6.07) is 0. The number of epoxide rings is 2. The van der Waals surface area contributed by atoms with Gasteiger partial charge in [0.25, 0.3) is 0 Å². The fraction of sp³-hybridized carbons (Fsp3) is 0.652. The summed E-state index contributed by atoms with van der Waals surface area (Å²) in [5, 5.41) is 120. The molecule has 2 saturated heterocycles. The first kappa shape index (κ1) is 53.5. The van der Waals surface area contributed by atoms with Crippen LogP contribution in [0.4, 0.5) is 0 Å². The van der Waals surface area contributed by atoms with Crippen LogP contribution in [0.3, 0.4) is 0 Å². The van der Waals surface area contributed by atoms with Crippen LogP contribution >= 0.6 is 0 Å². The summed E-state index contributed by atoms with van der Waals surface area (Å²) in [6.45, 7) is 5.25. The van der Waals surface area contributed by atoms with Gasteiger partial charge in [0.2, 0.25) is 0 Å². The van der Waals surface area contributed by atoms with Crippen molar-refractivity contribution in [1.82, 2.24) is 0 Å². The summed E-state index contributed by atoms with van der Waals surface area (Å²) in [5.41, 5.74) is 0.751. The van der Waals surface area contributed by atoms with E-state index >= 15 is 0 Å². The Bertz CT molecular complexity index is 1410. The summed E-state index contributed by atoms with van der Waals surface area (Å²) in [4.78, 5) is 0. The maximum absolute atomic E-state index is 10.5. The number of hydrogen-bond donors (Lipinski definition) is 12. The molecule has 12 N–H and O–H groups in total. The molecular formula is C46H74O14. The molecule has 0 amide bonds. The molecule has 2 heterocycles. The fourth-order valence-corrected chi connectivity index (χ4v) is 6.73. The molecule has 0 radical (unpaired) electrons. The van der Waals surface area contributed by atoms with E-state index < -0.39 is 61.0 Å². The van der Waals surface area contributed by atoms with Crippen LogP contribution in [0.15, 0.2) is 96.7 Å². The molecule has 0 aromatic heterocycles. The lowest BCUT2D eigenvalue weighted by Gasteiger charge is -2.16. The van der Waals surface area contributed by atoms with E-state index in [0.717, 1.165) is 5.57 Å². The van der Waals surface area contributed by atoms with Gasteiger partial charge in [0.1, 0.15) is 18.3 Å². The molecule has 0 spiro atoms. The topological polar surface area (TPSA) is 268 Å². The zero-order chi connectivity index (χ0) is 44.6. The van der Waals surface area contributed by atoms with Crippen LogP contribution < -0.4 is 0 Å². The van der Waals surface area contributed by atoms with Crippen molar-refractivity contribution in [2.45, 2.75) is 164 Å². The van der Waals surface area contributed by atoms with Crippen molar-refractivity contribution in [3.8, 4) is 0 Å². The molecular weight excluding hydrogens is 776 g/mol. The number of allylic oxidation sites excluding steroid dienone is 1. The van der Waals surface area contributed by atoms with Crippen LogP contribution in [0.2, 0.25) is 0 Å². The zero-order valence-electron chi connectivity index (χ0n) is 35.4. The van der Waals surface area contributed by atoms with Gasteiger partial charge < -0.3 is 70.8 Å². The summed E-state index contributed by atoms with van der Waals surface area (Å²) < 4.78 is 11.3. The highest BCUT2D eigenvalue weighted by atomic mass is 16.7. The third-order valence-electron chi connectivity index (χ3n) is 10.2. The Morgan fingerprint density at radius 1 is 0.517 bits per heavy atom. The van der Waals surface area contributed by atoms with Crippen LogP contribution in [0, 0.1) is 11.8 Å². The SMILES string of the molecule is C/C(=C\C(O)C/C=C/C(O)CC1OC1C1OC1C(O)C/C=C/CC(O)/C=C/C(C)C(O)/C=C/CO)CC(O)/C=C/CC(O)CC(O)/C=C/C(O)CC(O)CC(C)/C=C/CO.